The molecular formula is C13H20F2N2O3. The summed E-state index contributed by atoms with van der Waals surface area (Å²) < 4.78 is 28.4. The van der Waals surface area contributed by atoms with E-state index in [0.29, 0.717) is 6.42 Å². The number of aliphatic hydroxyl groups is 1. The molecule has 0 aromatic heterocycles. The highest BCUT2D eigenvalue weighted by Crippen LogP contribution is 2.45. The lowest BCUT2D eigenvalue weighted by molar-refractivity contribution is -0.225. The van der Waals surface area contributed by atoms with Crippen molar-refractivity contribution < 1.29 is 23.5 Å². The van der Waals surface area contributed by atoms with Crippen LogP contribution in [0.15, 0.2) is 0 Å². The van der Waals surface area contributed by atoms with Gasteiger partial charge in [-0.1, -0.05) is 13.8 Å². The third kappa shape index (κ3) is 2.17. The fourth-order valence-electron chi connectivity index (χ4n) is 2.78. The van der Waals surface area contributed by atoms with Gasteiger partial charge in [0.1, 0.15) is 11.6 Å². The van der Waals surface area contributed by atoms with Crippen molar-refractivity contribution in [3.8, 4) is 0 Å². The van der Waals surface area contributed by atoms with Crippen LogP contribution in [-0.2, 0) is 9.59 Å². The fourth-order valence-corrected chi connectivity index (χ4v) is 2.78. The highest BCUT2D eigenvalue weighted by molar-refractivity contribution is 5.92. The molecule has 7 heteroatoms. The first-order valence-electron chi connectivity index (χ1n) is 6.90. The Balaban J connectivity index is 2.24. The molecule has 1 unspecified atom stereocenters. The predicted molar refractivity (Wildman–Crippen MR) is 67.1 cm³/mol. The molecule has 0 bridgehead atoms. The molecule has 2 N–H and O–H groups in total. The second-order valence-corrected chi connectivity index (χ2v) is 5.94. The van der Waals surface area contributed by atoms with Crippen LogP contribution >= 0.6 is 0 Å². The van der Waals surface area contributed by atoms with Crippen molar-refractivity contribution in [3.05, 3.63) is 0 Å². The number of rotatable bonds is 3. The Morgan fingerprint density at radius 3 is 2.55 bits per heavy atom. The van der Waals surface area contributed by atoms with Crippen LogP contribution in [0.25, 0.3) is 0 Å². The topological polar surface area (TPSA) is 69.6 Å². The summed E-state index contributed by atoms with van der Waals surface area (Å²) in [6, 6.07) is -0.911. The van der Waals surface area contributed by atoms with E-state index in [2.05, 4.69) is 5.32 Å². The van der Waals surface area contributed by atoms with Crippen molar-refractivity contribution in [2.24, 2.45) is 5.92 Å². The quantitative estimate of drug-likeness (QED) is 0.796. The van der Waals surface area contributed by atoms with Crippen molar-refractivity contribution in [2.75, 3.05) is 13.1 Å². The summed E-state index contributed by atoms with van der Waals surface area (Å²) >= 11 is 0. The Bertz CT molecular complexity index is 422. The molecule has 1 aliphatic carbocycles. The maximum Gasteiger partial charge on any atom is 0.352 e. The molecule has 2 fully saturated rings. The minimum Gasteiger partial charge on any atom is -0.383 e. The molecule has 20 heavy (non-hydrogen) atoms. The van der Waals surface area contributed by atoms with Gasteiger partial charge in [0, 0.05) is 13.1 Å². The average molecular weight is 290 g/mol. The van der Waals surface area contributed by atoms with Gasteiger partial charge in [0.15, 0.2) is 0 Å². The smallest absolute Gasteiger partial charge is 0.352 e. The Labute approximate surface area is 116 Å². The van der Waals surface area contributed by atoms with Gasteiger partial charge in [-0.3, -0.25) is 9.59 Å². The van der Waals surface area contributed by atoms with E-state index in [4.69, 9.17) is 0 Å². The molecule has 1 saturated carbocycles. The Kier molecular flexibility index (Phi) is 3.75. The molecule has 1 saturated heterocycles. The molecule has 0 aromatic rings. The number of halogens is 2. The monoisotopic (exact) mass is 290 g/mol. The van der Waals surface area contributed by atoms with Gasteiger partial charge < -0.3 is 15.3 Å². The molecule has 114 valence electrons. The summed E-state index contributed by atoms with van der Waals surface area (Å²) in [7, 11) is 0. The van der Waals surface area contributed by atoms with Crippen molar-refractivity contribution in [1.82, 2.24) is 10.2 Å². The highest BCUT2D eigenvalue weighted by atomic mass is 19.3. The van der Waals surface area contributed by atoms with E-state index in [0.717, 1.165) is 4.90 Å². The largest absolute Gasteiger partial charge is 0.383 e. The van der Waals surface area contributed by atoms with Crippen molar-refractivity contribution >= 4 is 11.8 Å². The summed E-state index contributed by atoms with van der Waals surface area (Å²) in [6.45, 7) is 3.60. The zero-order valence-electron chi connectivity index (χ0n) is 11.7. The number of nitrogens with one attached hydrogen (secondary N) is 1. The first-order valence-corrected chi connectivity index (χ1v) is 6.90. The van der Waals surface area contributed by atoms with Crippen molar-refractivity contribution in [1.29, 1.82) is 0 Å². The van der Waals surface area contributed by atoms with E-state index >= 15 is 0 Å². The van der Waals surface area contributed by atoms with E-state index in [1.54, 1.807) is 13.8 Å². The molecule has 2 rings (SSSR count). The van der Waals surface area contributed by atoms with Gasteiger partial charge in [0.05, 0.1) is 0 Å². The molecule has 1 heterocycles. The summed E-state index contributed by atoms with van der Waals surface area (Å²) in [5, 5.41) is 12.4. The lowest BCUT2D eigenvalue weighted by Gasteiger charge is -2.45. The maximum atomic E-state index is 14.2. The van der Waals surface area contributed by atoms with Crippen LogP contribution in [0.1, 0.15) is 33.1 Å². The van der Waals surface area contributed by atoms with E-state index in [9.17, 15) is 23.5 Å². The molecule has 0 radical (unpaired) electrons. The summed E-state index contributed by atoms with van der Waals surface area (Å²) in [5.74, 6) is -5.97. The predicted octanol–water partition coefficient (Wildman–Crippen LogP) is 0.520. The number of carbonyl (C=O) groups is 2. The van der Waals surface area contributed by atoms with Gasteiger partial charge in [-0.2, -0.15) is 8.78 Å². The fraction of sp³-hybridized carbons (Fsp3) is 0.846. The second-order valence-electron chi connectivity index (χ2n) is 5.94. The Morgan fingerprint density at radius 1 is 1.50 bits per heavy atom. The summed E-state index contributed by atoms with van der Waals surface area (Å²) in [6.07, 6.45) is 0.309. The van der Waals surface area contributed by atoms with Crippen molar-refractivity contribution in [3.63, 3.8) is 0 Å². The summed E-state index contributed by atoms with van der Waals surface area (Å²) in [5.41, 5.74) is -2.25. The van der Waals surface area contributed by atoms with Gasteiger partial charge in [-0.05, 0) is 25.2 Å². The number of amides is 2. The number of piperazine rings is 1. The first-order chi connectivity index (χ1) is 9.21. The number of nitrogens with zero attached hydrogens (tertiary/aromatic N) is 1. The number of carbonyl (C=O) groups excluding carboxylic acids is 2. The molecule has 2 aliphatic rings. The van der Waals surface area contributed by atoms with Gasteiger partial charge in [0.25, 0.3) is 5.91 Å². The standard InChI is InChI=1S/C13H20F2N2O3/c1-8(2)9-10(18)16-6-7-17(9)11(19)13(14,15)12(20)4-3-5-12/h8-9,20H,3-7H2,1-2H3,(H,16,18). The number of alkyl halides is 2. The normalized spacial score (nSPS) is 26.2. The van der Waals surface area contributed by atoms with Crippen molar-refractivity contribution in [2.45, 2.75) is 50.7 Å². The third-order valence-electron chi connectivity index (χ3n) is 4.18. The van der Waals surface area contributed by atoms with E-state index in [1.165, 1.54) is 0 Å². The van der Waals surface area contributed by atoms with Crippen LogP contribution in [0.2, 0.25) is 0 Å². The number of hydrogen-bond donors (Lipinski definition) is 2. The van der Waals surface area contributed by atoms with Crippen LogP contribution in [0.3, 0.4) is 0 Å². The van der Waals surface area contributed by atoms with Gasteiger partial charge in [-0.25, -0.2) is 0 Å². The number of hydrogen-bond acceptors (Lipinski definition) is 3. The molecule has 1 aliphatic heterocycles. The lowest BCUT2D eigenvalue weighted by atomic mass is 9.74. The van der Waals surface area contributed by atoms with Crippen LogP contribution in [0.5, 0.6) is 0 Å². The minimum atomic E-state index is -3.84. The third-order valence-corrected chi connectivity index (χ3v) is 4.18. The zero-order valence-corrected chi connectivity index (χ0v) is 11.7. The molecule has 0 spiro atoms. The second kappa shape index (κ2) is 4.95. The highest BCUT2D eigenvalue weighted by Gasteiger charge is 2.63. The van der Waals surface area contributed by atoms with Crippen LogP contribution < -0.4 is 5.32 Å². The van der Waals surface area contributed by atoms with Crippen LogP contribution in [0, 0.1) is 5.92 Å². The molecule has 2 amide bonds. The minimum absolute atomic E-state index is 0.0408. The van der Waals surface area contributed by atoms with Gasteiger partial charge in [-0.15, -0.1) is 0 Å². The summed E-state index contributed by atoms with van der Waals surface area (Å²) in [4.78, 5) is 24.9. The Morgan fingerprint density at radius 2 is 2.10 bits per heavy atom. The van der Waals surface area contributed by atoms with E-state index in [-0.39, 0.29) is 31.8 Å². The van der Waals surface area contributed by atoms with Gasteiger partial charge >= 0.3 is 5.92 Å². The first kappa shape index (κ1) is 15.2. The molecular weight excluding hydrogens is 270 g/mol. The molecule has 0 aromatic carbocycles. The Hall–Kier alpha value is -1.24. The molecule has 1 atom stereocenters. The SMILES string of the molecule is CC(C)C1C(=O)NCCN1C(=O)C(F)(F)C1(O)CCC1. The van der Waals surface area contributed by atoms with E-state index in [1.807, 2.05) is 0 Å². The maximum absolute atomic E-state index is 14.2. The van der Waals surface area contributed by atoms with Crippen LogP contribution in [-0.4, -0.2) is 52.5 Å². The molecule has 5 nitrogen and oxygen atoms in total. The van der Waals surface area contributed by atoms with E-state index < -0.39 is 29.4 Å². The zero-order chi connectivity index (χ0) is 15.1. The van der Waals surface area contributed by atoms with Crippen LogP contribution in [0.4, 0.5) is 8.78 Å². The lowest BCUT2D eigenvalue weighted by Crippen LogP contribution is -2.67. The average Bonchev–Trinajstić information content (AvgIpc) is 2.33. The van der Waals surface area contributed by atoms with Gasteiger partial charge in [0.2, 0.25) is 5.91 Å².